The lowest BCUT2D eigenvalue weighted by molar-refractivity contribution is 1.79. The van der Waals surface area contributed by atoms with Crippen molar-refractivity contribution in [3.05, 3.63) is 84.9 Å². The van der Waals surface area contributed by atoms with Crippen LogP contribution >= 0.6 is 11.3 Å². The number of benzene rings is 5. The fourth-order valence-electron chi connectivity index (χ4n) is 4.14. The number of fused-ring (bicyclic) bond motifs is 9. The summed E-state index contributed by atoms with van der Waals surface area (Å²) in [4.78, 5) is 0. The smallest absolute Gasteiger partial charge is 0.0361 e. The summed E-state index contributed by atoms with van der Waals surface area (Å²) in [5, 5.41) is 10.8. The average molecular weight is 334 g/mol. The van der Waals surface area contributed by atoms with Crippen LogP contribution in [0.2, 0.25) is 0 Å². The third kappa shape index (κ3) is 1.76. The van der Waals surface area contributed by atoms with E-state index >= 15 is 0 Å². The Hall–Kier alpha value is -2.90. The van der Waals surface area contributed by atoms with Crippen molar-refractivity contribution in [2.24, 2.45) is 0 Å². The van der Waals surface area contributed by atoms with Gasteiger partial charge in [-0.1, -0.05) is 72.8 Å². The van der Waals surface area contributed by atoms with Crippen LogP contribution in [0.15, 0.2) is 84.9 Å². The van der Waals surface area contributed by atoms with Gasteiger partial charge in [0, 0.05) is 20.2 Å². The largest absolute Gasteiger partial charge is 0.135 e. The molecule has 25 heavy (non-hydrogen) atoms. The molecular weight excluding hydrogens is 320 g/mol. The van der Waals surface area contributed by atoms with Crippen LogP contribution in [0.25, 0.3) is 52.5 Å². The molecule has 0 spiro atoms. The van der Waals surface area contributed by atoms with Crippen LogP contribution in [0.3, 0.4) is 0 Å². The number of thiophene rings is 1. The molecule has 0 saturated carbocycles. The zero-order valence-electron chi connectivity index (χ0n) is 13.5. The van der Waals surface area contributed by atoms with E-state index in [1.165, 1.54) is 52.5 Å². The maximum Gasteiger partial charge on any atom is 0.0361 e. The lowest BCUT2D eigenvalue weighted by atomic mass is 9.94. The van der Waals surface area contributed by atoms with Gasteiger partial charge in [-0.3, -0.25) is 0 Å². The Labute approximate surface area is 148 Å². The van der Waals surface area contributed by atoms with Crippen LogP contribution in [-0.4, -0.2) is 0 Å². The molecule has 0 saturated heterocycles. The Kier molecular flexibility index (Phi) is 2.58. The van der Waals surface area contributed by atoms with E-state index in [0.29, 0.717) is 0 Å². The summed E-state index contributed by atoms with van der Waals surface area (Å²) in [6.07, 6.45) is 0. The van der Waals surface area contributed by atoms with E-state index in [0.717, 1.165) is 0 Å². The molecular formula is C24H14S. The number of hydrogen-bond donors (Lipinski definition) is 0. The van der Waals surface area contributed by atoms with Gasteiger partial charge in [0.1, 0.15) is 0 Å². The third-order valence-corrected chi connectivity index (χ3v) is 6.38. The second-order valence-corrected chi connectivity index (χ2v) is 7.67. The van der Waals surface area contributed by atoms with E-state index < -0.39 is 0 Å². The first-order chi connectivity index (χ1) is 12.4. The van der Waals surface area contributed by atoms with Gasteiger partial charge in [0.15, 0.2) is 0 Å². The fourth-order valence-corrected chi connectivity index (χ4v) is 5.26. The van der Waals surface area contributed by atoms with E-state index in [4.69, 9.17) is 0 Å². The highest BCUT2D eigenvalue weighted by Gasteiger charge is 2.11. The fraction of sp³-hybridized carbons (Fsp3) is 0. The highest BCUT2D eigenvalue weighted by atomic mass is 32.1. The topological polar surface area (TPSA) is 0 Å². The van der Waals surface area contributed by atoms with E-state index in [2.05, 4.69) is 84.9 Å². The minimum Gasteiger partial charge on any atom is -0.135 e. The maximum absolute atomic E-state index is 2.31. The Morgan fingerprint density at radius 2 is 1.08 bits per heavy atom. The van der Waals surface area contributed by atoms with E-state index in [1.807, 2.05) is 11.3 Å². The second-order valence-electron chi connectivity index (χ2n) is 6.58. The molecule has 6 rings (SSSR count). The van der Waals surface area contributed by atoms with Gasteiger partial charge in [0.25, 0.3) is 0 Å². The molecule has 1 aromatic heterocycles. The molecule has 0 radical (unpaired) electrons. The Morgan fingerprint density at radius 3 is 2.04 bits per heavy atom. The zero-order valence-corrected chi connectivity index (χ0v) is 14.3. The molecule has 0 fully saturated rings. The molecule has 6 aromatic rings. The molecule has 116 valence electrons. The molecule has 5 aromatic carbocycles. The van der Waals surface area contributed by atoms with Crippen molar-refractivity contribution in [2.45, 2.75) is 0 Å². The molecule has 0 atom stereocenters. The summed E-state index contributed by atoms with van der Waals surface area (Å²) < 4.78 is 2.73. The monoisotopic (exact) mass is 334 g/mol. The van der Waals surface area contributed by atoms with Crippen molar-refractivity contribution in [3.8, 4) is 0 Å². The van der Waals surface area contributed by atoms with Crippen molar-refractivity contribution in [1.82, 2.24) is 0 Å². The molecule has 0 N–H and O–H groups in total. The summed E-state index contributed by atoms with van der Waals surface area (Å²) in [7, 11) is 0. The minimum absolute atomic E-state index is 1.30. The summed E-state index contributed by atoms with van der Waals surface area (Å²) in [5.74, 6) is 0. The van der Waals surface area contributed by atoms with Gasteiger partial charge in [-0.2, -0.15) is 0 Å². The van der Waals surface area contributed by atoms with Gasteiger partial charge < -0.3 is 0 Å². The molecule has 1 heterocycles. The van der Waals surface area contributed by atoms with E-state index in [9.17, 15) is 0 Å². The third-order valence-electron chi connectivity index (χ3n) is 5.24. The molecule has 0 nitrogen and oxygen atoms in total. The highest BCUT2D eigenvalue weighted by Crippen LogP contribution is 2.41. The molecule has 1 heteroatoms. The SMILES string of the molecule is c1ccc2c(c1)ccc1ccc3c(ccc4sc5ccccc5c43)c12. The average Bonchev–Trinajstić information content (AvgIpc) is 3.06. The van der Waals surface area contributed by atoms with Crippen molar-refractivity contribution >= 4 is 63.8 Å². The Bertz CT molecular complexity index is 1440. The molecule has 0 aliphatic rings. The molecule has 0 aliphatic heterocycles. The quantitative estimate of drug-likeness (QED) is 0.252. The summed E-state index contributed by atoms with van der Waals surface area (Å²) in [6.45, 7) is 0. The van der Waals surface area contributed by atoms with Gasteiger partial charge in [0.2, 0.25) is 0 Å². The summed E-state index contributed by atoms with van der Waals surface area (Å²) in [5.41, 5.74) is 0. The van der Waals surface area contributed by atoms with Crippen LogP contribution in [0, 0.1) is 0 Å². The second kappa shape index (κ2) is 4.81. The molecule has 0 unspecified atom stereocenters. The van der Waals surface area contributed by atoms with Crippen LogP contribution in [0.1, 0.15) is 0 Å². The molecule has 0 bridgehead atoms. The van der Waals surface area contributed by atoms with E-state index in [1.54, 1.807) is 0 Å². The van der Waals surface area contributed by atoms with Gasteiger partial charge >= 0.3 is 0 Å². The first-order valence-electron chi connectivity index (χ1n) is 8.54. The van der Waals surface area contributed by atoms with Crippen molar-refractivity contribution < 1.29 is 0 Å². The Morgan fingerprint density at radius 1 is 0.400 bits per heavy atom. The Balaban J connectivity index is 1.94. The van der Waals surface area contributed by atoms with Gasteiger partial charge in [-0.05, 0) is 44.5 Å². The predicted molar refractivity (Wildman–Crippen MR) is 112 cm³/mol. The molecule has 0 amide bonds. The van der Waals surface area contributed by atoms with Crippen molar-refractivity contribution in [1.29, 1.82) is 0 Å². The summed E-state index contributed by atoms with van der Waals surface area (Å²) >= 11 is 1.89. The summed E-state index contributed by atoms with van der Waals surface area (Å²) in [6, 6.07) is 31.1. The maximum atomic E-state index is 2.31. The van der Waals surface area contributed by atoms with Crippen molar-refractivity contribution in [3.63, 3.8) is 0 Å². The number of rotatable bonds is 0. The minimum atomic E-state index is 1.30. The molecule has 0 aliphatic carbocycles. The van der Waals surface area contributed by atoms with Crippen LogP contribution in [0.4, 0.5) is 0 Å². The standard InChI is InChI=1S/C24H14S/c1-2-6-17-15(5-1)9-10-16-11-12-19-18(23(16)17)13-14-22-24(19)20-7-3-4-8-21(20)25-22/h1-14H. The van der Waals surface area contributed by atoms with Crippen LogP contribution in [0.5, 0.6) is 0 Å². The zero-order chi connectivity index (χ0) is 16.4. The van der Waals surface area contributed by atoms with Gasteiger partial charge in [-0.25, -0.2) is 0 Å². The van der Waals surface area contributed by atoms with Gasteiger partial charge in [-0.15, -0.1) is 11.3 Å². The van der Waals surface area contributed by atoms with Crippen LogP contribution in [-0.2, 0) is 0 Å². The predicted octanol–water partition coefficient (Wildman–Crippen LogP) is 7.51. The number of hydrogen-bond acceptors (Lipinski definition) is 1. The highest BCUT2D eigenvalue weighted by molar-refractivity contribution is 7.26. The van der Waals surface area contributed by atoms with Crippen molar-refractivity contribution in [2.75, 3.05) is 0 Å². The van der Waals surface area contributed by atoms with Gasteiger partial charge in [0.05, 0.1) is 0 Å². The first kappa shape index (κ1) is 13.4. The lowest BCUT2D eigenvalue weighted by Crippen LogP contribution is -1.81. The van der Waals surface area contributed by atoms with Crippen LogP contribution < -0.4 is 0 Å². The van der Waals surface area contributed by atoms with E-state index in [-0.39, 0.29) is 0 Å². The first-order valence-corrected chi connectivity index (χ1v) is 9.36. The normalized spacial score (nSPS) is 12.0. The lowest BCUT2D eigenvalue weighted by Gasteiger charge is -2.09.